The van der Waals surface area contributed by atoms with Crippen LogP contribution in [0, 0.1) is 12.3 Å². The van der Waals surface area contributed by atoms with Crippen LogP contribution in [0.2, 0.25) is 0 Å². The van der Waals surface area contributed by atoms with Crippen LogP contribution in [0.4, 0.5) is 22.7 Å². The van der Waals surface area contributed by atoms with E-state index in [1.54, 1.807) is 6.08 Å². The van der Waals surface area contributed by atoms with Gasteiger partial charge in [-0.05, 0) is 44.0 Å². The fraction of sp³-hybridized carbons (Fsp3) is 0.344. The molecule has 7 nitrogen and oxygen atoms in total. The highest BCUT2D eigenvalue weighted by Crippen LogP contribution is 2.36. The van der Waals surface area contributed by atoms with Crippen molar-refractivity contribution in [2.24, 2.45) is 4.99 Å². The largest absolute Gasteiger partial charge is 0.397 e. The van der Waals surface area contributed by atoms with E-state index in [9.17, 15) is 0 Å². The van der Waals surface area contributed by atoms with E-state index in [4.69, 9.17) is 17.1 Å². The summed E-state index contributed by atoms with van der Waals surface area (Å²) in [6, 6.07) is 10.6. The van der Waals surface area contributed by atoms with E-state index in [-0.39, 0.29) is 0 Å². The van der Waals surface area contributed by atoms with Crippen LogP contribution in [0.1, 0.15) is 37.3 Å². The van der Waals surface area contributed by atoms with Crippen LogP contribution in [0.25, 0.3) is 16.6 Å². The highest BCUT2D eigenvalue weighted by molar-refractivity contribution is 6.05. The Morgan fingerprint density at radius 2 is 2.10 bits per heavy atom. The lowest BCUT2D eigenvalue weighted by Crippen LogP contribution is -2.27. The molecular formula is C32H41N7. The molecule has 0 saturated carbocycles. The average molecular weight is 524 g/mol. The van der Waals surface area contributed by atoms with E-state index in [0.29, 0.717) is 11.3 Å². The molecule has 204 valence electrons. The molecule has 1 aromatic heterocycles. The van der Waals surface area contributed by atoms with Crippen LogP contribution >= 0.6 is 0 Å². The number of hydrogen-bond acceptors (Lipinski definition) is 5. The standard InChI is InChI=1S/C32H41N7/c1-7-12-30(36-28-19-26(33)29(20-27(28)35-5)38(6)18-16-34-4)37-31(22(8-2)9-3)25-21-39-17-11-14-23-13-10-15-24(25)32(23)39/h2,9-10,13,15,19-21,34-35H,3,7,11-12,14,16-18,33H2,1,4-6H3,(H,36,37)/b31-22-. The zero-order valence-electron chi connectivity index (χ0n) is 23.7. The summed E-state index contributed by atoms with van der Waals surface area (Å²) in [6.45, 7) is 8.85. The first-order valence-electron chi connectivity index (χ1n) is 13.7. The minimum atomic E-state index is 0.670. The molecule has 1 aliphatic rings. The molecule has 5 N–H and O–H groups in total. The maximum Gasteiger partial charge on any atom is 0.107 e. The van der Waals surface area contributed by atoms with Crippen LogP contribution < -0.4 is 26.6 Å². The number of aromatic nitrogens is 1. The summed E-state index contributed by atoms with van der Waals surface area (Å²) < 4.78 is 2.34. The van der Waals surface area contributed by atoms with Gasteiger partial charge in [0.15, 0.2) is 0 Å². The topological polar surface area (TPSA) is 82.6 Å². The SMILES string of the molecule is C#C/C(C=C)=C(/N=C(CCC)Nc1cc(N)c(N(C)CCNC)cc1NC)c1cn2c3c(cccc13)CCC2. The number of para-hydroxylation sites is 1. The van der Waals surface area contributed by atoms with Gasteiger partial charge in [-0.15, -0.1) is 6.42 Å². The predicted octanol–water partition coefficient (Wildman–Crippen LogP) is 5.71. The second-order valence-corrected chi connectivity index (χ2v) is 9.93. The molecule has 0 radical (unpaired) electrons. The zero-order chi connectivity index (χ0) is 27.9. The van der Waals surface area contributed by atoms with Crippen molar-refractivity contribution in [1.29, 1.82) is 0 Å². The fourth-order valence-corrected chi connectivity index (χ4v) is 5.25. The number of nitrogens with two attached hydrogens (primary N) is 1. The Balaban J connectivity index is 1.80. The van der Waals surface area contributed by atoms with Crippen molar-refractivity contribution in [3.8, 4) is 12.3 Å². The van der Waals surface area contributed by atoms with Gasteiger partial charge in [0, 0.05) is 57.3 Å². The minimum absolute atomic E-state index is 0.670. The Kier molecular flexibility index (Phi) is 9.00. The molecule has 0 spiro atoms. The van der Waals surface area contributed by atoms with Crippen LogP contribution in [0.3, 0.4) is 0 Å². The molecule has 0 fully saturated rings. The molecule has 7 heteroatoms. The molecule has 2 heterocycles. The van der Waals surface area contributed by atoms with E-state index < -0.39 is 0 Å². The first-order chi connectivity index (χ1) is 18.9. The molecule has 4 rings (SSSR count). The lowest BCUT2D eigenvalue weighted by Gasteiger charge is -2.24. The van der Waals surface area contributed by atoms with Crippen LogP contribution in [0.5, 0.6) is 0 Å². The Bertz CT molecular complexity index is 1450. The maximum atomic E-state index is 6.53. The fourth-order valence-electron chi connectivity index (χ4n) is 5.25. The van der Waals surface area contributed by atoms with Gasteiger partial charge in [0.1, 0.15) is 5.84 Å². The van der Waals surface area contributed by atoms with E-state index in [1.807, 2.05) is 27.2 Å². The molecule has 0 amide bonds. The molecule has 3 aromatic rings. The Morgan fingerprint density at radius 3 is 2.79 bits per heavy atom. The van der Waals surface area contributed by atoms with Gasteiger partial charge < -0.3 is 31.2 Å². The normalized spacial score (nSPS) is 13.6. The van der Waals surface area contributed by atoms with Crippen molar-refractivity contribution in [1.82, 2.24) is 9.88 Å². The van der Waals surface area contributed by atoms with Gasteiger partial charge in [0.05, 0.1) is 39.5 Å². The van der Waals surface area contributed by atoms with Crippen molar-refractivity contribution in [3.63, 3.8) is 0 Å². The Morgan fingerprint density at radius 1 is 1.28 bits per heavy atom. The molecule has 0 saturated heterocycles. The van der Waals surface area contributed by atoms with Gasteiger partial charge in [-0.25, -0.2) is 4.99 Å². The molecule has 2 aromatic carbocycles. The number of nitrogen functional groups attached to an aromatic ring is 1. The quantitative estimate of drug-likeness (QED) is 0.0851. The number of amidine groups is 1. The summed E-state index contributed by atoms with van der Waals surface area (Å²) in [5.74, 6) is 3.65. The molecule has 0 unspecified atom stereocenters. The van der Waals surface area contributed by atoms with Gasteiger partial charge in [0.2, 0.25) is 0 Å². The molecule has 0 bridgehead atoms. The Hall–Kier alpha value is -4.15. The smallest absolute Gasteiger partial charge is 0.107 e. The maximum absolute atomic E-state index is 6.53. The minimum Gasteiger partial charge on any atom is -0.397 e. The summed E-state index contributed by atoms with van der Waals surface area (Å²) in [5, 5.41) is 11.3. The van der Waals surface area contributed by atoms with Crippen molar-refractivity contribution in [2.45, 2.75) is 39.2 Å². The third-order valence-corrected chi connectivity index (χ3v) is 7.25. The van der Waals surface area contributed by atoms with E-state index in [0.717, 1.165) is 79.5 Å². The van der Waals surface area contributed by atoms with Gasteiger partial charge in [-0.2, -0.15) is 0 Å². The lowest BCUT2D eigenvalue weighted by atomic mass is 10.0. The molecule has 1 aliphatic heterocycles. The first-order valence-corrected chi connectivity index (χ1v) is 13.7. The number of anilines is 4. The van der Waals surface area contributed by atoms with Crippen LogP contribution in [-0.2, 0) is 13.0 Å². The third kappa shape index (κ3) is 5.81. The van der Waals surface area contributed by atoms with E-state index >= 15 is 0 Å². The third-order valence-electron chi connectivity index (χ3n) is 7.25. The van der Waals surface area contributed by atoms with Crippen molar-refractivity contribution >= 4 is 45.2 Å². The van der Waals surface area contributed by atoms with Gasteiger partial charge in [0.25, 0.3) is 0 Å². The average Bonchev–Trinajstić information content (AvgIpc) is 3.32. The van der Waals surface area contributed by atoms with E-state index in [1.165, 1.54) is 16.5 Å². The number of terminal acetylenes is 1. The second-order valence-electron chi connectivity index (χ2n) is 9.93. The van der Waals surface area contributed by atoms with Crippen LogP contribution in [0.15, 0.2) is 59.7 Å². The second kappa shape index (κ2) is 12.6. The molecule has 0 atom stereocenters. The molecular weight excluding hydrogens is 482 g/mol. The summed E-state index contributed by atoms with van der Waals surface area (Å²) in [7, 11) is 5.91. The predicted molar refractivity (Wildman–Crippen MR) is 170 cm³/mol. The number of hydrogen-bond donors (Lipinski definition) is 4. The van der Waals surface area contributed by atoms with Crippen molar-refractivity contribution in [2.75, 3.05) is 55.5 Å². The summed E-state index contributed by atoms with van der Waals surface area (Å²) in [5.41, 5.74) is 15.1. The monoisotopic (exact) mass is 523 g/mol. The summed E-state index contributed by atoms with van der Waals surface area (Å²) in [4.78, 5) is 7.35. The van der Waals surface area contributed by atoms with Gasteiger partial charge in [-0.3, -0.25) is 0 Å². The number of nitrogens with zero attached hydrogens (tertiary/aromatic N) is 3. The van der Waals surface area contributed by atoms with Crippen molar-refractivity contribution < 1.29 is 0 Å². The number of benzene rings is 2. The van der Waals surface area contributed by atoms with Gasteiger partial charge >= 0.3 is 0 Å². The number of aryl methyl sites for hydroxylation is 2. The first kappa shape index (κ1) is 27.9. The number of aliphatic imine (C=N–C) groups is 1. The number of likely N-dealkylation sites (N-methyl/N-ethyl adjacent to an activating group) is 2. The molecule has 39 heavy (non-hydrogen) atoms. The van der Waals surface area contributed by atoms with E-state index in [2.05, 4.69) is 75.3 Å². The highest BCUT2D eigenvalue weighted by atomic mass is 15.1. The number of rotatable bonds is 11. The lowest BCUT2D eigenvalue weighted by molar-refractivity contribution is 0.635. The summed E-state index contributed by atoms with van der Waals surface area (Å²) >= 11 is 0. The van der Waals surface area contributed by atoms with Crippen LogP contribution in [-0.4, -0.2) is 44.6 Å². The zero-order valence-corrected chi connectivity index (χ0v) is 23.7. The highest BCUT2D eigenvalue weighted by Gasteiger charge is 2.20. The number of allylic oxidation sites excluding steroid dienone is 2. The Labute approximate surface area is 232 Å². The summed E-state index contributed by atoms with van der Waals surface area (Å²) in [6.07, 6.45) is 13.8. The van der Waals surface area contributed by atoms with Gasteiger partial charge in [-0.1, -0.05) is 43.7 Å². The number of nitrogens with one attached hydrogen (secondary N) is 3. The van der Waals surface area contributed by atoms with Crippen molar-refractivity contribution in [3.05, 3.63) is 65.9 Å². The molecule has 0 aliphatic carbocycles.